The number of pyridine rings is 1. The molecule has 0 aliphatic carbocycles. The summed E-state index contributed by atoms with van der Waals surface area (Å²) >= 11 is 5.95. The van der Waals surface area contributed by atoms with Crippen LogP contribution in [0.1, 0.15) is 50.1 Å². The lowest BCUT2D eigenvalue weighted by Gasteiger charge is -2.35. The molecule has 0 amide bonds. The Hall–Kier alpha value is -2.44. The average Bonchev–Trinajstić information content (AvgIpc) is 3.25. The van der Waals surface area contributed by atoms with Gasteiger partial charge in [0.2, 0.25) is 0 Å². The maximum Gasteiger partial charge on any atom is 0.258 e. The Morgan fingerprint density at radius 3 is 2.52 bits per heavy atom. The van der Waals surface area contributed by atoms with Gasteiger partial charge in [-0.1, -0.05) is 42.7 Å². The fourth-order valence-electron chi connectivity index (χ4n) is 3.69. The van der Waals surface area contributed by atoms with Crippen molar-refractivity contribution in [3.05, 3.63) is 59.0 Å². The van der Waals surface area contributed by atoms with Crippen molar-refractivity contribution in [1.29, 1.82) is 0 Å². The summed E-state index contributed by atoms with van der Waals surface area (Å²) in [6.45, 7) is 5.75. The molecule has 152 valence electrons. The Labute approximate surface area is 175 Å². The third kappa shape index (κ3) is 4.43. The molecular weight excluding hydrogens is 388 g/mol. The third-order valence-electron chi connectivity index (χ3n) is 5.47. The van der Waals surface area contributed by atoms with Crippen molar-refractivity contribution in [3.63, 3.8) is 0 Å². The zero-order valence-electron chi connectivity index (χ0n) is 16.6. The minimum absolute atomic E-state index is 0.222. The molecular formula is C22H25ClN4O2. The summed E-state index contributed by atoms with van der Waals surface area (Å²) in [5.74, 6) is 2.56. The van der Waals surface area contributed by atoms with E-state index in [2.05, 4.69) is 20.0 Å². The van der Waals surface area contributed by atoms with Crippen LogP contribution in [0.4, 0.5) is 5.82 Å². The van der Waals surface area contributed by atoms with Crippen LogP contribution in [0.15, 0.2) is 47.1 Å². The number of hydrogen-bond acceptors (Lipinski definition) is 6. The van der Waals surface area contributed by atoms with Crippen LogP contribution in [-0.4, -0.2) is 33.3 Å². The molecule has 29 heavy (non-hydrogen) atoms. The van der Waals surface area contributed by atoms with E-state index in [1.807, 2.05) is 50.2 Å². The number of anilines is 1. The SMILES string of the molecule is CC(C)c1noc(-c2ccnc(N3CCC(C(O)c4ccc(Cl)cc4)CC3)c2)n1. The van der Waals surface area contributed by atoms with E-state index in [1.54, 1.807) is 6.20 Å². The molecule has 0 spiro atoms. The standard InChI is InChI=1S/C22H25ClN4O2/c1-14(2)21-25-22(29-26-21)17-7-10-24-19(13-17)27-11-8-16(9-12-27)20(28)15-3-5-18(23)6-4-15/h3-7,10,13-14,16,20,28H,8-9,11-12H2,1-2H3. The molecule has 1 fully saturated rings. The van der Waals surface area contributed by atoms with Gasteiger partial charge in [0.25, 0.3) is 5.89 Å². The number of rotatable bonds is 5. The van der Waals surface area contributed by atoms with Crippen LogP contribution in [-0.2, 0) is 0 Å². The van der Waals surface area contributed by atoms with Gasteiger partial charge >= 0.3 is 0 Å². The highest BCUT2D eigenvalue weighted by Crippen LogP contribution is 2.33. The minimum Gasteiger partial charge on any atom is -0.388 e. The Bertz CT molecular complexity index is 949. The number of piperidine rings is 1. The fourth-order valence-corrected chi connectivity index (χ4v) is 3.81. The van der Waals surface area contributed by atoms with Crippen LogP contribution in [0.25, 0.3) is 11.5 Å². The summed E-state index contributed by atoms with van der Waals surface area (Å²) in [7, 11) is 0. The molecule has 1 N–H and O–H groups in total. The van der Waals surface area contributed by atoms with Crippen molar-refractivity contribution in [2.45, 2.75) is 38.7 Å². The second-order valence-electron chi connectivity index (χ2n) is 7.84. The van der Waals surface area contributed by atoms with Gasteiger partial charge < -0.3 is 14.5 Å². The average molecular weight is 413 g/mol. The first-order chi connectivity index (χ1) is 14.0. The second-order valence-corrected chi connectivity index (χ2v) is 8.27. The quantitative estimate of drug-likeness (QED) is 0.645. The van der Waals surface area contributed by atoms with Gasteiger partial charge in [-0.15, -0.1) is 0 Å². The van der Waals surface area contributed by atoms with Gasteiger partial charge in [-0.25, -0.2) is 4.98 Å². The summed E-state index contributed by atoms with van der Waals surface area (Å²) in [5.41, 5.74) is 1.79. The number of hydrogen-bond donors (Lipinski definition) is 1. The monoisotopic (exact) mass is 412 g/mol. The van der Waals surface area contributed by atoms with Gasteiger partial charge in [-0.05, 0) is 48.6 Å². The molecule has 3 aromatic rings. The molecule has 2 aromatic heterocycles. The zero-order valence-corrected chi connectivity index (χ0v) is 17.4. The van der Waals surface area contributed by atoms with Gasteiger partial charge in [0.15, 0.2) is 5.82 Å². The van der Waals surface area contributed by atoms with E-state index in [4.69, 9.17) is 16.1 Å². The van der Waals surface area contributed by atoms with Crippen molar-refractivity contribution in [2.75, 3.05) is 18.0 Å². The van der Waals surface area contributed by atoms with Crippen molar-refractivity contribution >= 4 is 17.4 Å². The van der Waals surface area contributed by atoms with Crippen molar-refractivity contribution in [2.24, 2.45) is 5.92 Å². The van der Waals surface area contributed by atoms with Crippen LogP contribution in [0.3, 0.4) is 0 Å². The largest absolute Gasteiger partial charge is 0.388 e. The van der Waals surface area contributed by atoms with E-state index in [9.17, 15) is 5.11 Å². The molecule has 1 atom stereocenters. The van der Waals surface area contributed by atoms with Crippen molar-refractivity contribution in [1.82, 2.24) is 15.1 Å². The van der Waals surface area contributed by atoms with E-state index >= 15 is 0 Å². The molecule has 4 rings (SSSR count). The predicted octanol–water partition coefficient (Wildman–Crippen LogP) is 4.86. The Morgan fingerprint density at radius 2 is 1.86 bits per heavy atom. The second kappa shape index (κ2) is 8.51. The smallest absolute Gasteiger partial charge is 0.258 e. The van der Waals surface area contributed by atoms with Gasteiger partial charge in [0.05, 0.1) is 6.10 Å². The Kier molecular flexibility index (Phi) is 5.83. The van der Waals surface area contributed by atoms with Crippen LogP contribution >= 0.6 is 11.6 Å². The summed E-state index contributed by atoms with van der Waals surface area (Å²) in [6, 6.07) is 11.3. The van der Waals surface area contributed by atoms with Gasteiger partial charge in [-0.3, -0.25) is 0 Å². The molecule has 1 aliphatic heterocycles. The third-order valence-corrected chi connectivity index (χ3v) is 5.72. The van der Waals surface area contributed by atoms with Crippen molar-refractivity contribution < 1.29 is 9.63 Å². The lowest BCUT2D eigenvalue weighted by Crippen LogP contribution is -2.36. The summed E-state index contributed by atoms with van der Waals surface area (Å²) in [4.78, 5) is 11.2. The number of aliphatic hydroxyl groups excluding tert-OH is 1. The zero-order chi connectivity index (χ0) is 20.4. The highest BCUT2D eigenvalue weighted by Gasteiger charge is 2.27. The molecule has 1 aromatic carbocycles. The summed E-state index contributed by atoms with van der Waals surface area (Å²) in [6.07, 6.45) is 3.10. The van der Waals surface area contributed by atoms with E-state index in [0.717, 1.165) is 42.9 Å². The van der Waals surface area contributed by atoms with Crippen LogP contribution in [0, 0.1) is 5.92 Å². The lowest BCUT2D eigenvalue weighted by molar-refractivity contribution is 0.0929. The summed E-state index contributed by atoms with van der Waals surface area (Å²) < 4.78 is 5.41. The molecule has 1 unspecified atom stereocenters. The van der Waals surface area contributed by atoms with E-state index < -0.39 is 6.10 Å². The fraction of sp³-hybridized carbons (Fsp3) is 0.409. The summed E-state index contributed by atoms with van der Waals surface area (Å²) in [5, 5.41) is 15.5. The number of nitrogens with zero attached hydrogens (tertiary/aromatic N) is 4. The molecule has 1 saturated heterocycles. The first kappa shape index (κ1) is 19.9. The normalized spacial score (nSPS) is 16.4. The molecule has 3 heterocycles. The van der Waals surface area contributed by atoms with Crippen LogP contribution in [0.5, 0.6) is 0 Å². The first-order valence-corrected chi connectivity index (χ1v) is 10.4. The van der Waals surface area contributed by atoms with E-state index in [1.165, 1.54) is 0 Å². The van der Waals surface area contributed by atoms with Gasteiger partial charge in [0, 0.05) is 35.8 Å². The highest BCUT2D eigenvalue weighted by atomic mass is 35.5. The molecule has 0 radical (unpaired) electrons. The molecule has 7 heteroatoms. The lowest BCUT2D eigenvalue weighted by atomic mass is 9.87. The highest BCUT2D eigenvalue weighted by molar-refractivity contribution is 6.30. The van der Waals surface area contributed by atoms with E-state index in [-0.39, 0.29) is 11.8 Å². The van der Waals surface area contributed by atoms with Gasteiger partial charge in [0.1, 0.15) is 5.82 Å². The van der Waals surface area contributed by atoms with Gasteiger partial charge in [-0.2, -0.15) is 4.98 Å². The first-order valence-electron chi connectivity index (χ1n) is 10.00. The topological polar surface area (TPSA) is 75.3 Å². The molecule has 1 aliphatic rings. The number of halogens is 1. The van der Waals surface area contributed by atoms with Crippen molar-refractivity contribution in [3.8, 4) is 11.5 Å². The maximum atomic E-state index is 10.7. The molecule has 6 nitrogen and oxygen atoms in total. The Morgan fingerprint density at radius 1 is 1.14 bits per heavy atom. The minimum atomic E-state index is -0.471. The number of aliphatic hydroxyl groups is 1. The predicted molar refractivity (Wildman–Crippen MR) is 113 cm³/mol. The number of benzene rings is 1. The number of aromatic nitrogens is 3. The molecule has 0 saturated carbocycles. The van der Waals surface area contributed by atoms with Crippen LogP contribution in [0.2, 0.25) is 5.02 Å². The van der Waals surface area contributed by atoms with Crippen LogP contribution < -0.4 is 4.90 Å². The molecule has 0 bridgehead atoms. The van der Waals surface area contributed by atoms with E-state index in [0.29, 0.717) is 16.7 Å². The Balaban J connectivity index is 1.42. The maximum absolute atomic E-state index is 10.7.